The summed E-state index contributed by atoms with van der Waals surface area (Å²) in [6, 6.07) is 14.6. The molecule has 146 valence electrons. The largest absolute Gasteiger partial charge is 0.361 e. The van der Waals surface area contributed by atoms with Crippen LogP contribution in [0.15, 0.2) is 48.7 Å². The molecule has 2 N–H and O–H groups in total. The molecule has 1 saturated heterocycles. The minimum atomic E-state index is 0.0641. The number of aryl methyl sites for hydroxylation is 2. The molecule has 4 rings (SSSR count). The first-order valence-electron chi connectivity index (χ1n) is 9.93. The van der Waals surface area contributed by atoms with Gasteiger partial charge in [-0.1, -0.05) is 30.3 Å². The second kappa shape index (κ2) is 8.84. The molecule has 2 aromatic carbocycles. The number of fused-ring (bicyclic) bond motifs is 1. The number of H-pyrrole nitrogens is 1. The Balaban J connectivity index is 1.33. The molecule has 1 amide bonds. The van der Waals surface area contributed by atoms with Crippen molar-refractivity contribution in [3.8, 4) is 0 Å². The van der Waals surface area contributed by atoms with Crippen molar-refractivity contribution >= 4 is 34.3 Å². The van der Waals surface area contributed by atoms with Gasteiger partial charge in [-0.05, 0) is 42.2 Å². The molecule has 0 spiro atoms. The number of para-hydroxylation sites is 1. The number of carbonyl (C=O) groups is 1. The molecule has 1 aliphatic rings. The zero-order valence-electron chi connectivity index (χ0n) is 16.3. The Morgan fingerprint density at radius 2 is 2.00 bits per heavy atom. The van der Waals surface area contributed by atoms with E-state index in [0.29, 0.717) is 6.42 Å². The number of nitrogens with one attached hydrogen (secondary N) is 2. The lowest BCUT2D eigenvalue weighted by molar-refractivity contribution is -0.116. The topological polar surface area (TPSA) is 48.1 Å². The second-order valence-electron chi connectivity index (χ2n) is 7.45. The average molecular weight is 394 g/mol. The van der Waals surface area contributed by atoms with Crippen LogP contribution in [0.3, 0.4) is 0 Å². The van der Waals surface area contributed by atoms with Crippen LogP contribution in [0.25, 0.3) is 10.9 Å². The van der Waals surface area contributed by atoms with Gasteiger partial charge in [-0.25, -0.2) is 0 Å². The molecule has 0 atom stereocenters. The maximum absolute atomic E-state index is 12.5. The van der Waals surface area contributed by atoms with Crippen LogP contribution in [0.1, 0.15) is 23.1 Å². The standard InChI is InChI=1S/C23H27N3OS/c1-17-14-18(16-26-10-12-28-13-11-26)6-8-21(17)25-23(27)9-7-19-15-24-22-5-3-2-4-20(19)22/h2-6,8,14-15,24H,7,9-13,16H2,1H3,(H,25,27). The highest BCUT2D eigenvalue weighted by Crippen LogP contribution is 2.21. The van der Waals surface area contributed by atoms with Crippen molar-refractivity contribution in [2.75, 3.05) is 29.9 Å². The van der Waals surface area contributed by atoms with Crippen LogP contribution in [-0.2, 0) is 17.8 Å². The van der Waals surface area contributed by atoms with Gasteiger partial charge >= 0.3 is 0 Å². The maximum Gasteiger partial charge on any atom is 0.224 e. The van der Waals surface area contributed by atoms with E-state index < -0.39 is 0 Å². The number of amides is 1. The molecule has 1 aromatic heterocycles. The maximum atomic E-state index is 12.5. The second-order valence-corrected chi connectivity index (χ2v) is 8.67. The highest BCUT2D eigenvalue weighted by molar-refractivity contribution is 7.99. The Labute approximate surface area is 170 Å². The normalized spacial score (nSPS) is 15.0. The fraction of sp³-hybridized carbons (Fsp3) is 0.348. The van der Waals surface area contributed by atoms with Gasteiger partial charge in [0.05, 0.1) is 0 Å². The monoisotopic (exact) mass is 393 g/mol. The number of aromatic nitrogens is 1. The summed E-state index contributed by atoms with van der Waals surface area (Å²) in [5, 5.41) is 4.29. The number of benzene rings is 2. The van der Waals surface area contributed by atoms with Crippen molar-refractivity contribution in [3.05, 3.63) is 65.4 Å². The van der Waals surface area contributed by atoms with E-state index in [2.05, 4.69) is 46.4 Å². The molecular weight excluding hydrogens is 366 g/mol. The number of rotatable bonds is 6. The number of thioether (sulfide) groups is 1. The lowest BCUT2D eigenvalue weighted by Gasteiger charge is -2.26. The third-order valence-corrected chi connectivity index (χ3v) is 6.31. The quantitative estimate of drug-likeness (QED) is 0.644. The molecule has 0 aliphatic carbocycles. The van der Waals surface area contributed by atoms with Gasteiger partial charge in [0.1, 0.15) is 0 Å². The van der Waals surface area contributed by atoms with Crippen LogP contribution in [0.5, 0.6) is 0 Å². The summed E-state index contributed by atoms with van der Waals surface area (Å²) in [5.41, 5.74) is 5.68. The Morgan fingerprint density at radius 3 is 2.82 bits per heavy atom. The zero-order chi connectivity index (χ0) is 19.3. The summed E-state index contributed by atoms with van der Waals surface area (Å²) < 4.78 is 0. The van der Waals surface area contributed by atoms with Crippen LogP contribution in [0, 0.1) is 6.92 Å². The lowest BCUT2D eigenvalue weighted by Crippen LogP contribution is -2.31. The Kier molecular flexibility index (Phi) is 6.03. The first-order chi connectivity index (χ1) is 13.7. The molecule has 0 bridgehead atoms. The molecule has 2 heterocycles. The van der Waals surface area contributed by atoms with Crippen molar-refractivity contribution in [1.82, 2.24) is 9.88 Å². The summed E-state index contributed by atoms with van der Waals surface area (Å²) in [6.07, 6.45) is 3.23. The van der Waals surface area contributed by atoms with E-state index in [4.69, 9.17) is 0 Å². The first-order valence-corrected chi connectivity index (χ1v) is 11.1. The van der Waals surface area contributed by atoms with Gasteiger partial charge in [-0.15, -0.1) is 0 Å². The SMILES string of the molecule is Cc1cc(CN2CCSCC2)ccc1NC(=O)CCc1c[nH]c2ccccc12. The summed E-state index contributed by atoms with van der Waals surface area (Å²) >= 11 is 2.03. The lowest BCUT2D eigenvalue weighted by atomic mass is 10.1. The molecule has 5 heteroatoms. The van der Waals surface area contributed by atoms with Crippen LogP contribution >= 0.6 is 11.8 Å². The molecule has 4 nitrogen and oxygen atoms in total. The number of aromatic amines is 1. The zero-order valence-corrected chi connectivity index (χ0v) is 17.1. The van der Waals surface area contributed by atoms with Gasteiger partial charge in [-0.2, -0.15) is 11.8 Å². The summed E-state index contributed by atoms with van der Waals surface area (Å²) in [6.45, 7) is 5.40. The summed E-state index contributed by atoms with van der Waals surface area (Å²) in [7, 11) is 0. The van der Waals surface area contributed by atoms with E-state index in [-0.39, 0.29) is 5.91 Å². The molecule has 0 saturated carbocycles. The van der Waals surface area contributed by atoms with E-state index in [0.717, 1.165) is 42.8 Å². The third kappa shape index (κ3) is 4.59. The van der Waals surface area contributed by atoms with Gasteiger partial charge < -0.3 is 10.3 Å². The number of hydrogen-bond acceptors (Lipinski definition) is 3. The third-order valence-electron chi connectivity index (χ3n) is 5.37. The van der Waals surface area contributed by atoms with Crippen molar-refractivity contribution in [1.29, 1.82) is 0 Å². The Bertz CT molecular complexity index is 959. The predicted octanol–water partition coefficient (Wildman–Crippen LogP) is 4.60. The summed E-state index contributed by atoms with van der Waals surface area (Å²) in [5.74, 6) is 2.52. The molecule has 0 radical (unpaired) electrons. The number of anilines is 1. The van der Waals surface area contributed by atoms with E-state index in [9.17, 15) is 4.79 Å². The molecule has 1 fully saturated rings. The molecule has 28 heavy (non-hydrogen) atoms. The summed E-state index contributed by atoms with van der Waals surface area (Å²) in [4.78, 5) is 18.2. The molecule has 0 unspecified atom stereocenters. The van der Waals surface area contributed by atoms with Gasteiger partial charge in [-0.3, -0.25) is 9.69 Å². The minimum absolute atomic E-state index is 0.0641. The highest BCUT2D eigenvalue weighted by Gasteiger charge is 2.12. The fourth-order valence-electron chi connectivity index (χ4n) is 3.78. The van der Waals surface area contributed by atoms with E-state index in [1.165, 1.54) is 28.0 Å². The van der Waals surface area contributed by atoms with Crippen molar-refractivity contribution in [2.24, 2.45) is 0 Å². The first kappa shape index (κ1) is 19.1. The number of carbonyl (C=O) groups excluding carboxylic acids is 1. The Hall–Kier alpha value is -2.24. The van der Waals surface area contributed by atoms with E-state index in [1.54, 1.807) is 0 Å². The molecular formula is C23H27N3OS. The smallest absolute Gasteiger partial charge is 0.224 e. The van der Waals surface area contributed by atoms with Crippen LogP contribution < -0.4 is 5.32 Å². The van der Waals surface area contributed by atoms with Crippen molar-refractivity contribution in [2.45, 2.75) is 26.3 Å². The highest BCUT2D eigenvalue weighted by atomic mass is 32.2. The van der Waals surface area contributed by atoms with E-state index >= 15 is 0 Å². The minimum Gasteiger partial charge on any atom is -0.361 e. The van der Waals surface area contributed by atoms with Crippen molar-refractivity contribution < 1.29 is 4.79 Å². The van der Waals surface area contributed by atoms with Crippen molar-refractivity contribution in [3.63, 3.8) is 0 Å². The van der Waals surface area contributed by atoms with Gasteiger partial charge in [0.2, 0.25) is 5.91 Å². The number of nitrogens with zero attached hydrogens (tertiary/aromatic N) is 1. The number of hydrogen-bond donors (Lipinski definition) is 2. The van der Waals surface area contributed by atoms with Crippen LogP contribution in [-0.4, -0.2) is 40.4 Å². The molecule has 3 aromatic rings. The van der Waals surface area contributed by atoms with Gasteiger partial charge in [0.15, 0.2) is 0 Å². The average Bonchev–Trinajstić information content (AvgIpc) is 3.12. The molecule has 1 aliphatic heterocycles. The predicted molar refractivity (Wildman–Crippen MR) is 119 cm³/mol. The van der Waals surface area contributed by atoms with Gasteiger partial charge in [0, 0.05) is 60.3 Å². The fourth-order valence-corrected chi connectivity index (χ4v) is 4.76. The van der Waals surface area contributed by atoms with E-state index in [1.807, 2.05) is 36.2 Å². The van der Waals surface area contributed by atoms with Crippen LogP contribution in [0.2, 0.25) is 0 Å². The van der Waals surface area contributed by atoms with Crippen LogP contribution in [0.4, 0.5) is 5.69 Å². The van der Waals surface area contributed by atoms with Gasteiger partial charge in [0.25, 0.3) is 0 Å². The Morgan fingerprint density at radius 1 is 1.18 bits per heavy atom.